The lowest BCUT2D eigenvalue weighted by Crippen LogP contribution is -2.37. The molecular formula is C22H24N4O4. The average molecular weight is 408 g/mol. The molecule has 0 atom stereocenters. The van der Waals surface area contributed by atoms with Crippen molar-refractivity contribution in [2.75, 3.05) is 18.5 Å². The van der Waals surface area contributed by atoms with Crippen LogP contribution in [0.15, 0.2) is 60.2 Å². The van der Waals surface area contributed by atoms with Gasteiger partial charge in [0.05, 0.1) is 6.21 Å². The number of benzene rings is 2. The molecule has 2 aromatic carbocycles. The van der Waals surface area contributed by atoms with Crippen LogP contribution >= 0.6 is 0 Å². The summed E-state index contributed by atoms with van der Waals surface area (Å²) in [6, 6.07) is 12.5. The maximum Gasteiger partial charge on any atom is 0.329 e. The van der Waals surface area contributed by atoms with Crippen molar-refractivity contribution in [2.45, 2.75) is 13.8 Å². The fourth-order valence-electron chi connectivity index (χ4n) is 2.45. The molecule has 0 saturated carbocycles. The van der Waals surface area contributed by atoms with E-state index in [0.29, 0.717) is 11.3 Å². The molecule has 0 unspecified atom stereocenters. The number of aryl methyl sites for hydroxylation is 2. The predicted molar refractivity (Wildman–Crippen MR) is 115 cm³/mol. The molecule has 0 radical (unpaired) electrons. The van der Waals surface area contributed by atoms with Crippen LogP contribution in [0.2, 0.25) is 0 Å². The van der Waals surface area contributed by atoms with Gasteiger partial charge in [-0.05, 0) is 54.8 Å². The number of carbonyl (C=O) groups excluding carboxylic acids is 3. The van der Waals surface area contributed by atoms with Gasteiger partial charge in [0.2, 0.25) is 0 Å². The third kappa shape index (κ3) is 6.90. The lowest BCUT2D eigenvalue weighted by Gasteiger charge is -2.12. The number of hydrazone groups is 1. The highest BCUT2D eigenvalue weighted by Gasteiger charge is 2.10. The Labute approximate surface area is 175 Å². The first-order valence-corrected chi connectivity index (χ1v) is 9.21. The molecule has 0 bridgehead atoms. The Balaban J connectivity index is 1.81. The highest BCUT2D eigenvalue weighted by molar-refractivity contribution is 6.35. The molecule has 2 aromatic rings. The van der Waals surface area contributed by atoms with Crippen molar-refractivity contribution in [1.82, 2.24) is 10.7 Å². The van der Waals surface area contributed by atoms with Crippen LogP contribution in [0.4, 0.5) is 5.69 Å². The third-order valence-electron chi connectivity index (χ3n) is 3.99. The van der Waals surface area contributed by atoms with E-state index in [4.69, 9.17) is 4.74 Å². The summed E-state index contributed by atoms with van der Waals surface area (Å²) in [5, 5.41) is 8.92. The summed E-state index contributed by atoms with van der Waals surface area (Å²) < 4.78 is 5.50. The van der Waals surface area contributed by atoms with Gasteiger partial charge in [-0.25, -0.2) is 5.43 Å². The maximum absolute atomic E-state index is 12.1. The van der Waals surface area contributed by atoms with Crippen molar-refractivity contribution in [3.05, 3.63) is 71.8 Å². The van der Waals surface area contributed by atoms with E-state index in [9.17, 15) is 14.4 Å². The second-order valence-electron chi connectivity index (χ2n) is 6.37. The summed E-state index contributed by atoms with van der Waals surface area (Å²) in [5.41, 5.74) is 5.56. The molecule has 0 saturated heterocycles. The fraction of sp³-hybridized carbons (Fsp3) is 0.182. The van der Waals surface area contributed by atoms with E-state index < -0.39 is 11.8 Å². The van der Waals surface area contributed by atoms with Gasteiger partial charge >= 0.3 is 11.8 Å². The molecule has 8 heteroatoms. The third-order valence-corrected chi connectivity index (χ3v) is 3.99. The van der Waals surface area contributed by atoms with Crippen molar-refractivity contribution in [3.8, 4) is 5.75 Å². The van der Waals surface area contributed by atoms with Gasteiger partial charge in [0.15, 0.2) is 6.61 Å². The SMILES string of the molecule is C=CCNC(=O)C(=O)N/N=C\c1ccc(OCC(=O)Nc2c(C)cccc2C)cc1. The number of anilines is 1. The quantitative estimate of drug-likeness (QED) is 0.269. The molecule has 0 aliphatic rings. The topological polar surface area (TPSA) is 109 Å². The largest absolute Gasteiger partial charge is 0.484 e. The molecule has 3 N–H and O–H groups in total. The Bertz CT molecular complexity index is 932. The smallest absolute Gasteiger partial charge is 0.329 e. The monoisotopic (exact) mass is 408 g/mol. The maximum atomic E-state index is 12.1. The minimum absolute atomic E-state index is 0.128. The number of nitrogens with zero attached hydrogens (tertiary/aromatic N) is 1. The fourth-order valence-corrected chi connectivity index (χ4v) is 2.45. The summed E-state index contributed by atoms with van der Waals surface area (Å²) >= 11 is 0. The van der Waals surface area contributed by atoms with Gasteiger partial charge in [0.25, 0.3) is 5.91 Å². The van der Waals surface area contributed by atoms with E-state index in [-0.39, 0.29) is 19.1 Å². The van der Waals surface area contributed by atoms with Crippen molar-refractivity contribution in [3.63, 3.8) is 0 Å². The number of hydrogen-bond donors (Lipinski definition) is 3. The van der Waals surface area contributed by atoms with Gasteiger partial charge in [-0.1, -0.05) is 24.3 Å². The highest BCUT2D eigenvalue weighted by Crippen LogP contribution is 2.19. The number of hydrogen-bond acceptors (Lipinski definition) is 5. The van der Waals surface area contributed by atoms with Crippen molar-refractivity contribution < 1.29 is 19.1 Å². The summed E-state index contributed by atoms with van der Waals surface area (Å²) in [6.07, 6.45) is 2.85. The molecule has 0 fully saturated rings. The van der Waals surface area contributed by atoms with Crippen LogP contribution in [0.3, 0.4) is 0 Å². The summed E-state index contributed by atoms with van der Waals surface area (Å²) in [7, 11) is 0. The van der Waals surface area contributed by atoms with Crippen molar-refractivity contribution >= 4 is 29.6 Å². The van der Waals surface area contributed by atoms with Gasteiger partial charge in [-0.15, -0.1) is 6.58 Å². The lowest BCUT2D eigenvalue weighted by atomic mass is 10.1. The van der Waals surface area contributed by atoms with Gasteiger partial charge < -0.3 is 15.4 Å². The van der Waals surface area contributed by atoms with Crippen LogP contribution in [-0.2, 0) is 14.4 Å². The molecule has 156 valence electrons. The number of nitrogens with one attached hydrogen (secondary N) is 3. The van der Waals surface area contributed by atoms with E-state index >= 15 is 0 Å². The highest BCUT2D eigenvalue weighted by atomic mass is 16.5. The Hall–Kier alpha value is -3.94. The summed E-state index contributed by atoms with van der Waals surface area (Å²) in [5.74, 6) is -1.41. The number of ether oxygens (including phenoxy) is 1. The molecule has 2 rings (SSSR count). The zero-order chi connectivity index (χ0) is 21.9. The standard InChI is InChI=1S/C22H24N4O4/c1-4-12-23-21(28)22(29)26-24-13-17-8-10-18(11-9-17)30-14-19(27)25-20-15(2)6-5-7-16(20)3/h4-11,13H,1,12,14H2,2-3H3,(H,23,28)(H,25,27)(H,26,29)/b24-13-. The number of amides is 3. The zero-order valence-corrected chi connectivity index (χ0v) is 16.9. The molecule has 0 aromatic heterocycles. The Morgan fingerprint density at radius 1 is 1.03 bits per heavy atom. The van der Waals surface area contributed by atoms with Crippen molar-refractivity contribution in [2.24, 2.45) is 5.10 Å². The van der Waals surface area contributed by atoms with Gasteiger partial charge in [0.1, 0.15) is 5.75 Å². The molecule has 0 aliphatic carbocycles. The molecule has 3 amide bonds. The van der Waals surface area contributed by atoms with E-state index in [1.807, 2.05) is 32.0 Å². The molecular weight excluding hydrogens is 384 g/mol. The first-order chi connectivity index (χ1) is 14.4. The van der Waals surface area contributed by atoms with Crippen LogP contribution in [-0.4, -0.2) is 37.1 Å². The van der Waals surface area contributed by atoms with E-state index in [2.05, 4.69) is 27.7 Å². The first kappa shape index (κ1) is 22.4. The normalized spacial score (nSPS) is 10.3. The molecule has 30 heavy (non-hydrogen) atoms. The van der Waals surface area contributed by atoms with Gasteiger partial charge in [-0.2, -0.15) is 5.10 Å². The molecule has 8 nitrogen and oxygen atoms in total. The number of carbonyl (C=O) groups is 3. The van der Waals surface area contributed by atoms with Gasteiger partial charge in [0, 0.05) is 12.2 Å². The molecule has 0 spiro atoms. The zero-order valence-electron chi connectivity index (χ0n) is 16.9. The van der Waals surface area contributed by atoms with Crippen molar-refractivity contribution in [1.29, 1.82) is 0 Å². The molecule has 0 heterocycles. The van der Waals surface area contributed by atoms with Crippen LogP contribution in [0.1, 0.15) is 16.7 Å². The predicted octanol–water partition coefficient (Wildman–Crippen LogP) is 2.07. The minimum atomic E-state index is -0.872. The van der Waals surface area contributed by atoms with Crippen LogP contribution in [0.25, 0.3) is 0 Å². The summed E-state index contributed by atoms with van der Waals surface area (Å²) in [4.78, 5) is 35.0. The van der Waals surface area contributed by atoms with Crippen LogP contribution < -0.4 is 20.8 Å². The summed E-state index contributed by atoms with van der Waals surface area (Å²) in [6.45, 7) is 7.37. The second-order valence-corrected chi connectivity index (χ2v) is 6.37. The van der Waals surface area contributed by atoms with E-state index in [1.54, 1.807) is 24.3 Å². The van der Waals surface area contributed by atoms with E-state index in [0.717, 1.165) is 16.8 Å². The van der Waals surface area contributed by atoms with E-state index in [1.165, 1.54) is 12.3 Å². The van der Waals surface area contributed by atoms with Gasteiger partial charge in [-0.3, -0.25) is 14.4 Å². The minimum Gasteiger partial charge on any atom is -0.484 e. The Morgan fingerprint density at radius 3 is 2.33 bits per heavy atom. The first-order valence-electron chi connectivity index (χ1n) is 9.21. The molecule has 0 aliphatic heterocycles. The number of para-hydroxylation sites is 1. The Morgan fingerprint density at radius 2 is 1.70 bits per heavy atom. The lowest BCUT2D eigenvalue weighted by molar-refractivity contribution is -0.139. The average Bonchev–Trinajstić information content (AvgIpc) is 2.74. The van der Waals surface area contributed by atoms with Crippen LogP contribution in [0.5, 0.6) is 5.75 Å². The Kier molecular flexibility index (Phi) is 8.31. The van der Waals surface area contributed by atoms with Crippen LogP contribution in [0, 0.1) is 13.8 Å². The second kappa shape index (κ2) is 11.2. The number of rotatable bonds is 8.